The van der Waals surface area contributed by atoms with E-state index < -0.39 is 11.5 Å². The van der Waals surface area contributed by atoms with Crippen LogP contribution in [0.15, 0.2) is 11.4 Å². The first kappa shape index (κ1) is 14.5. The number of carbonyl (C=O) groups excluding carboxylic acids is 2. The molecule has 114 valence electrons. The zero-order valence-electron chi connectivity index (χ0n) is 11.9. The molecule has 0 aromatic carbocycles. The SMILES string of the molecule is O=C(CNC(=O)C1(O)CCCC1)N1CCc2sccc2C1. The van der Waals surface area contributed by atoms with Crippen LogP contribution in [0, 0.1) is 0 Å². The predicted molar refractivity (Wildman–Crippen MR) is 79.9 cm³/mol. The third-order valence-electron chi connectivity index (χ3n) is 4.41. The van der Waals surface area contributed by atoms with Gasteiger partial charge in [-0.15, -0.1) is 11.3 Å². The van der Waals surface area contributed by atoms with E-state index in [0.717, 1.165) is 19.3 Å². The second kappa shape index (κ2) is 5.77. The lowest BCUT2D eigenvalue weighted by molar-refractivity contribution is -0.142. The van der Waals surface area contributed by atoms with Gasteiger partial charge in [0.1, 0.15) is 5.60 Å². The van der Waals surface area contributed by atoms with Crippen LogP contribution in [-0.2, 0) is 22.6 Å². The number of nitrogens with one attached hydrogen (secondary N) is 1. The van der Waals surface area contributed by atoms with Gasteiger partial charge in [0, 0.05) is 18.0 Å². The maximum absolute atomic E-state index is 12.2. The number of amides is 2. The molecule has 0 atom stereocenters. The molecule has 0 bridgehead atoms. The van der Waals surface area contributed by atoms with Crippen molar-refractivity contribution in [3.05, 3.63) is 21.9 Å². The van der Waals surface area contributed by atoms with Gasteiger partial charge in [-0.1, -0.05) is 0 Å². The monoisotopic (exact) mass is 308 g/mol. The summed E-state index contributed by atoms with van der Waals surface area (Å²) in [4.78, 5) is 27.3. The number of carbonyl (C=O) groups is 2. The van der Waals surface area contributed by atoms with Crippen LogP contribution >= 0.6 is 11.3 Å². The van der Waals surface area contributed by atoms with E-state index in [-0.39, 0.29) is 12.5 Å². The maximum Gasteiger partial charge on any atom is 0.252 e. The average Bonchev–Trinajstić information content (AvgIpc) is 3.12. The molecule has 5 nitrogen and oxygen atoms in total. The van der Waals surface area contributed by atoms with Crippen molar-refractivity contribution in [2.24, 2.45) is 0 Å². The lowest BCUT2D eigenvalue weighted by Gasteiger charge is -2.28. The highest BCUT2D eigenvalue weighted by Gasteiger charge is 2.38. The number of rotatable bonds is 3. The lowest BCUT2D eigenvalue weighted by Crippen LogP contribution is -2.49. The first-order valence-electron chi connectivity index (χ1n) is 7.42. The van der Waals surface area contributed by atoms with Gasteiger partial charge in [-0.05, 0) is 49.1 Å². The summed E-state index contributed by atoms with van der Waals surface area (Å²) >= 11 is 1.73. The molecular formula is C15H20N2O3S. The van der Waals surface area contributed by atoms with Gasteiger partial charge in [-0.25, -0.2) is 0 Å². The van der Waals surface area contributed by atoms with Gasteiger partial charge in [0.15, 0.2) is 0 Å². The number of hydrogen-bond acceptors (Lipinski definition) is 4. The average molecular weight is 308 g/mol. The number of nitrogens with zero attached hydrogens (tertiary/aromatic N) is 1. The Balaban J connectivity index is 1.52. The fraction of sp³-hybridized carbons (Fsp3) is 0.600. The highest BCUT2D eigenvalue weighted by Crippen LogP contribution is 2.29. The molecule has 1 saturated carbocycles. The minimum Gasteiger partial charge on any atom is -0.380 e. The van der Waals surface area contributed by atoms with Crippen LogP contribution in [0.1, 0.15) is 36.1 Å². The van der Waals surface area contributed by atoms with E-state index in [0.29, 0.717) is 25.9 Å². The Morgan fingerprint density at radius 3 is 2.90 bits per heavy atom. The second-order valence-electron chi connectivity index (χ2n) is 5.86. The molecule has 0 spiro atoms. The van der Waals surface area contributed by atoms with Gasteiger partial charge in [0.05, 0.1) is 6.54 Å². The molecule has 1 aromatic heterocycles. The van der Waals surface area contributed by atoms with Crippen molar-refractivity contribution in [1.29, 1.82) is 0 Å². The summed E-state index contributed by atoms with van der Waals surface area (Å²) in [5, 5.41) is 14.8. The first-order valence-corrected chi connectivity index (χ1v) is 8.30. The molecule has 6 heteroatoms. The smallest absolute Gasteiger partial charge is 0.252 e. The summed E-state index contributed by atoms with van der Waals surface area (Å²) in [6.07, 6.45) is 3.61. The van der Waals surface area contributed by atoms with Crippen LogP contribution in [0.4, 0.5) is 0 Å². The van der Waals surface area contributed by atoms with Crippen molar-refractivity contribution in [1.82, 2.24) is 10.2 Å². The van der Waals surface area contributed by atoms with Crippen molar-refractivity contribution in [2.75, 3.05) is 13.1 Å². The second-order valence-corrected chi connectivity index (χ2v) is 6.86. The lowest BCUT2D eigenvalue weighted by atomic mass is 10.0. The molecule has 1 aromatic rings. The molecule has 21 heavy (non-hydrogen) atoms. The normalized spacial score (nSPS) is 20.1. The molecule has 3 rings (SSSR count). The Morgan fingerprint density at radius 1 is 1.38 bits per heavy atom. The maximum atomic E-state index is 12.2. The van der Waals surface area contributed by atoms with E-state index in [1.807, 2.05) is 0 Å². The zero-order chi connectivity index (χ0) is 14.9. The van der Waals surface area contributed by atoms with E-state index in [1.165, 1.54) is 10.4 Å². The summed E-state index contributed by atoms with van der Waals surface area (Å²) in [5.41, 5.74) is -0.0525. The van der Waals surface area contributed by atoms with Crippen molar-refractivity contribution >= 4 is 23.2 Å². The third kappa shape index (κ3) is 2.96. The first-order chi connectivity index (χ1) is 10.1. The largest absolute Gasteiger partial charge is 0.380 e. The van der Waals surface area contributed by atoms with E-state index >= 15 is 0 Å². The summed E-state index contributed by atoms with van der Waals surface area (Å²) in [6, 6.07) is 2.05. The molecule has 1 aliphatic heterocycles. The van der Waals surface area contributed by atoms with Gasteiger partial charge in [0.2, 0.25) is 5.91 Å². The summed E-state index contributed by atoms with van der Waals surface area (Å²) in [5.74, 6) is -0.483. The van der Waals surface area contributed by atoms with Crippen molar-refractivity contribution in [3.8, 4) is 0 Å². The zero-order valence-corrected chi connectivity index (χ0v) is 12.7. The molecule has 2 N–H and O–H groups in total. The van der Waals surface area contributed by atoms with Crippen LogP contribution in [0.2, 0.25) is 0 Å². The van der Waals surface area contributed by atoms with Crippen LogP contribution in [0.5, 0.6) is 0 Å². The Morgan fingerprint density at radius 2 is 2.14 bits per heavy atom. The fourth-order valence-electron chi connectivity index (χ4n) is 3.08. The third-order valence-corrected chi connectivity index (χ3v) is 5.44. The van der Waals surface area contributed by atoms with Crippen LogP contribution in [-0.4, -0.2) is 40.5 Å². The summed E-state index contributed by atoms with van der Waals surface area (Å²) in [6.45, 7) is 1.30. The summed E-state index contributed by atoms with van der Waals surface area (Å²) < 4.78 is 0. The number of fused-ring (bicyclic) bond motifs is 1. The van der Waals surface area contributed by atoms with Gasteiger partial charge in [-0.2, -0.15) is 0 Å². The minimum atomic E-state index is -1.26. The Kier molecular flexibility index (Phi) is 3.99. The van der Waals surface area contributed by atoms with Crippen molar-refractivity contribution < 1.29 is 14.7 Å². The predicted octanol–water partition coefficient (Wildman–Crippen LogP) is 1.05. The Bertz CT molecular complexity index is 549. The molecule has 2 amide bonds. The van der Waals surface area contributed by atoms with E-state index in [4.69, 9.17) is 0 Å². The fourth-order valence-corrected chi connectivity index (χ4v) is 3.97. The van der Waals surface area contributed by atoms with Crippen LogP contribution in [0.25, 0.3) is 0 Å². The van der Waals surface area contributed by atoms with Crippen LogP contribution < -0.4 is 5.32 Å². The quantitative estimate of drug-likeness (QED) is 0.877. The molecule has 0 radical (unpaired) electrons. The van der Waals surface area contributed by atoms with Crippen molar-refractivity contribution in [2.45, 2.75) is 44.2 Å². The topological polar surface area (TPSA) is 69.6 Å². The van der Waals surface area contributed by atoms with E-state index in [9.17, 15) is 14.7 Å². The van der Waals surface area contributed by atoms with Gasteiger partial charge >= 0.3 is 0 Å². The molecule has 1 fully saturated rings. The number of aliphatic hydroxyl groups is 1. The van der Waals surface area contributed by atoms with Gasteiger partial charge < -0.3 is 15.3 Å². The molecule has 2 aliphatic rings. The van der Waals surface area contributed by atoms with E-state index in [2.05, 4.69) is 16.8 Å². The molecule has 0 saturated heterocycles. The highest BCUT2D eigenvalue weighted by atomic mass is 32.1. The van der Waals surface area contributed by atoms with Gasteiger partial charge in [-0.3, -0.25) is 9.59 Å². The Labute approximate surface area is 128 Å². The summed E-state index contributed by atoms with van der Waals surface area (Å²) in [7, 11) is 0. The molecular weight excluding hydrogens is 288 g/mol. The van der Waals surface area contributed by atoms with E-state index in [1.54, 1.807) is 16.2 Å². The number of hydrogen-bond donors (Lipinski definition) is 2. The Hall–Kier alpha value is -1.40. The number of thiophene rings is 1. The molecule has 2 heterocycles. The minimum absolute atomic E-state index is 0.0272. The highest BCUT2D eigenvalue weighted by molar-refractivity contribution is 7.10. The molecule has 1 aliphatic carbocycles. The molecule has 0 unspecified atom stereocenters. The van der Waals surface area contributed by atoms with Gasteiger partial charge in [0.25, 0.3) is 5.91 Å². The standard InChI is InChI=1S/C15H20N2O3S/c18-13(9-16-14(19)15(20)5-1-2-6-15)17-7-3-12-11(10-17)4-8-21-12/h4,8,20H,1-3,5-7,9-10H2,(H,16,19). The van der Waals surface area contributed by atoms with Crippen molar-refractivity contribution in [3.63, 3.8) is 0 Å². The van der Waals surface area contributed by atoms with Crippen LogP contribution in [0.3, 0.4) is 0 Å².